The second-order valence-corrected chi connectivity index (χ2v) is 4.40. The zero-order valence-electron chi connectivity index (χ0n) is 8.88. The van der Waals surface area contributed by atoms with Gasteiger partial charge < -0.3 is 15.7 Å². The molecule has 0 heterocycles. The highest BCUT2D eigenvalue weighted by molar-refractivity contribution is 7.99. The van der Waals surface area contributed by atoms with Crippen molar-refractivity contribution in [2.45, 2.75) is 26.3 Å². The van der Waals surface area contributed by atoms with Crippen molar-refractivity contribution >= 4 is 17.8 Å². The van der Waals surface area contributed by atoms with Gasteiger partial charge in [-0.15, -0.1) is 0 Å². The summed E-state index contributed by atoms with van der Waals surface area (Å²) >= 11 is 1.87. The van der Waals surface area contributed by atoms with E-state index in [1.807, 2.05) is 18.7 Å². The minimum absolute atomic E-state index is 0.0203. The van der Waals surface area contributed by atoms with E-state index in [9.17, 15) is 4.79 Å². The second kappa shape index (κ2) is 9.15. The van der Waals surface area contributed by atoms with Gasteiger partial charge in [0.1, 0.15) is 0 Å². The number of urea groups is 1. The summed E-state index contributed by atoms with van der Waals surface area (Å²) < 4.78 is 0. The summed E-state index contributed by atoms with van der Waals surface area (Å²) in [6.45, 7) is 4.39. The first kappa shape index (κ1) is 13.6. The molecule has 0 aliphatic rings. The molecule has 84 valence electrons. The largest absolute Gasteiger partial charge is 0.395 e. The lowest BCUT2D eigenvalue weighted by Gasteiger charge is -2.13. The van der Waals surface area contributed by atoms with Gasteiger partial charge >= 0.3 is 6.03 Å². The van der Waals surface area contributed by atoms with Crippen LogP contribution in [0.25, 0.3) is 0 Å². The van der Waals surface area contributed by atoms with Crippen LogP contribution < -0.4 is 10.6 Å². The number of hydrogen-bond acceptors (Lipinski definition) is 3. The van der Waals surface area contributed by atoms with Crippen molar-refractivity contribution in [2.24, 2.45) is 0 Å². The molecule has 2 amide bonds. The van der Waals surface area contributed by atoms with Gasteiger partial charge in [-0.25, -0.2) is 4.79 Å². The predicted molar refractivity (Wildman–Crippen MR) is 60.7 cm³/mol. The van der Waals surface area contributed by atoms with Crippen molar-refractivity contribution in [2.75, 3.05) is 24.7 Å². The van der Waals surface area contributed by atoms with E-state index in [2.05, 4.69) is 17.6 Å². The van der Waals surface area contributed by atoms with Crippen molar-refractivity contribution in [1.29, 1.82) is 0 Å². The van der Waals surface area contributed by atoms with Gasteiger partial charge in [0, 0.05) is 12.6 Å². The third kappa shape index (κ3) is 8.19. The SMILES string of the molecule is CCSCCC(C)NC(=O)NCCO. The maximum atomic E-state index is 11.1. The van der Waals surface area contributed by atoms with Crippen molar-refractivity contribution in [3.8, 4) is 0 Å². The standard InChI is InChI=1S/C9H20N2O2S/c1-3-14-7-4-8(2)11-9(13)10-5-6-12/h8,12H,3-7H2,1-2H3,(H2,10,11,13). The molecule has 0 rings (SSSR count). The van der Waals surface area contributed by atoms with Gasteiger partial charge in [-0.3, -0.25) is 0 Å². The molecule has 0 radical (unpaired) electrons. The average Bonchev–Trinajstić information content (AvgIpc) is 2.15. The highest BCUT2D eigenvalue weighted by Crippen LogP contribution is 2.03. The fourth-order valence-electron chi connectivity index (χ4n) is 0.921. The van der Waals surface area contributed by atoms with Gasteiger partial charge in [-0.2, -0.15) is 11.8 Å². The summed E-state index contributed by atoms with van der Waals surface area (Å²) in [6.07, 6.45) is 0.977. The van der Waals surface area contributed by atoms with E-state index in [0.717, 1.165) is 17.9 Å². The molecule has 0 bridgehead atoms. The highest BCUT2D eigenvalue weighted by atomic mass is 32.2. The van der Waals surface area contributed by atoms with Crippen LogP contribution in [0.1, 0.15) is 20.3 Å². The van der Waals surface area contributed by atoms with Crippen LogP contribution in [0.2, 0.25) is 0 Å². The number of aliphatic hydroxyl groups excluding tert-OH is 1. The molecule has 14 heavy (non-hydrogen) atoms. The van der Waals surface area contributed by atoms with Crippen LogP contribution in [0.15, 0.2) is 0 Å². The van der Waals surface area contributed by atoms with Crippen molar-refractivity contribution in [3.05, 3.63) is 0 Å². The molecular weight excluding hydrogens is 200 g/mol. The molecule has 0 aromatic heterocycles. The van der Waals surface area contributed by atoms with Gasteiger partial charge in [0.25, 0.3) is 0 Å². The normalized spacial score (nSPS) is 12.2. The molecule has 0 spiro atoms. The van der Waals surface area contributed by atoms with Crippen molar-refractivity contribution in [3.63, 3.8) is 0 Å². The fraction of sp³-hybridized carbons (Fsp3) is 0.889. The van der Waals surface area contributed by atoms with Crippen molar-refractivity contribution in [1.82, 2.24) is 10.6 Å². The minimum atomic E-state index is -0.201. The van der Waals surface area contributed by atoms with E-state index in [1.54, 1.807) is 0 Å². The Labute approximate surface area is 89.8 Å². The molecule has 0 aromatic carbocycles. The van der Waals surface area contributed by atoms with Gasteiger partial charge in [-0.1, -0.05) is 6.92 Å². The molecule has 0 fully saturated rings. The van der Waals surface area contributed by atoms with Crippen molar-refractivity contribution < 1.29 is 9.90 Å². The number of carbonyl (C=O) groups is 1. The summed E-state index contributed by atoms with van der Waals surface area (Å²) in [5.74, 6) is 2.18. The Hall–Kier alpha value is -0.420. The zero-order valence-corrected chi connectivity index (χ0v) is 9.69. The quantitative estimate of drug-likeness (QED) is 0.556. The zero-order chi connectivity index (χ0) is 10.8. The monoisotopic (exact) mass is 220 g/mol. The van der Waals surface area contributed by atoms with E-state index in [4.69, 9.17) is 5.11 Å². The minimum Gasteiger partial charge on any atom is -0.395 e. The summed E-state index contributed by atoms with van der Waals surface area (Å²) in [4.78, 5) is 11.1. The number of carbonyl (C=O) groups excluding carboxylic acids is 1. The summed E-state index contributed by atoms with van der Waals surface area (Å²) in [6, 6.07) is -0.0132. The number of thioether (sulfide) groups is 1. The lowest BCUT2D eigenvalue weighted by molar-refractivity contribution is 0.231. The lowest BCUT2D eigenvalue weighted by atomic mass is 10.3. The molecule has 4 nitrogen and oxygen atoms in total. The second-order valence-electron chi connectivity index (χ2n) is 3.01. The molecule has 0 saturated heterocycles. The molecule has 1 unspecified atom stereocenters. The average molecular weight is 220 g/mol. The molecular formula is C9H20N2O2S. The number of rotatable bonds is 7. The van der Waals surface area contributed by atoms with Crippen LogP contribution in [-0.2, 0) is 0 Å². The van der Waals surface area contributed by atoms with E-state index in [-0.39, 0.29) is 18.7 Å². The number of amides is 2. The first-order valence-electron chi connectivity index (χ1n) is 4.93. The Morgan fingerprint density at radius 1 is 1.57 bits per heavy atom. The Morgan fingerprint density at radius 3 is 2.86 bits per heavy atom. The van der Waals surface area contributed by atoms with Crippen LogP contribution in [-0.4, -0.2) is 41.8 Å². The Kier molecular flexibility index (Phi) is 8.87. The smallest absolute Gasteiger partial charge is 0.315 e. The van der Waals surface area contributed by atoms with E-state index in [0.29, 0.717) is 6.54 Å². The van der Waals surface area contributed by atoms with Gasteiger partial charge in [-0.05, 0) is 24.9 Å². The summed E-state index contributed by atoms with van der Waals surface area (Å²) in [5, 5.41) is 13.8. The van der Waals surface area contributed by atoms with Crippen LogP contribution in [0.5, 0.6) is 0 Å². The fourth-order valence-corrected chi connectivity index (χ4v) is 1.73. The van der Waals surface area contributed by atoms with Crippen LogP contribution in [0.3, 0.4) is 0 Å². The predicted octanol–water partition coefficient (Wildman–Crippen LogP) is 0.810. The van der Waals surface area contributed by atoms with Crippen LogP contribution in [0, 0.1) is 0 Å². The summed E-state index contributed by atoms with van der Waals surface area (Å²) in [5.41, 5.74) is 0. The maximum absolute atomic E-state index is 11.1. The molecule has 0 aliphatic carbocycles. The number of nitrogens with one attached hydrogen (secondary N) is 2. The van der Waals surface area contributed by atoms with Crippen LogP contribution >= 0.6 is 11.8 Å². The Bertz CT molecular complexity index is 156. The molecule has 0 aliphatic heterocycles. The third-order valence-corrected chi connectivity index (χ3v) is 2.61. The topological polar surface area (TPSA) is 61.4 Å². The van der Waals surface area contributed by atoms with Gasteiger partial charge in [0.2, 0.25) is 0 Å². The first-order valence-corrected chi connectivity index (χ1v) is 6.09. The lowest BCUT2D eigenvalue weighted by Crippen LogP contribution is -2.41. The summed E-state index contributed by atoms with van der Waals surface area (Å²) in [7, 11) is 0. The number of hydrogen-bond donors (Lipinski definition) is 3. The maximum Gasteiger partial charge on any atom is 0.315 e. The molecule has 0 saturated carbocycles. The number of aliphatic hydroxyl groups is 1. The van der Waals surface area contributed by atoms with E-state index in [1.165, 1.54) is 0 Å². The first-order chi connectivity index (χ1) is 6.70. The molecule has 3 N–H and O–H groups in total. The Morgan fingerprint density at radius 2 is 2.29 bits per heavy atom. The molecule has 1 atom stereocenters. The molecule has 5 heteroatoms. The van der Waals surface area contributed by atoms with Gasteiger partial charge in [0.15, 0.2) is 0 Å². The van der Waals surface area contributed by atoms with Crippen LogP contribution in [0.4, 0.5) is 4.79 Å². The van der Waals surface area contributed by atoms with Gasteiger partial charge in [0.05, 0.1) is 6.61 Å². The third-order valence-electron chi connectivity index (χ3n) is 1.67. The molecule has 0 aromatic rings. The highest BCUT2D eigenvalue weighted by Gasteiger charge is 2.05. The van der Waals surface area contributed by atoms with E-state index >= 15 is 0 Å². The van der Waals surface area contributed by atoms with E-state index < -0.39 is 0 Å². The Balaban J connectivity index is 3.40.